The maximum Gasteiger partial charge on any atom is 0.256 e. The Kier molecular flexibility index (Phi) is 4.80. The fourth-order valence-corrected chi connectivity index (χ4v) is 3.95. The quantitative estimate of drug-likeness (QED) is 0.780. The lowest BCUT2D eigenvalue weighted by molar-refractivity contribution is -0.116. The van der Waals surface area contributed by atoms with Crippen molar-refractivity contribution >= 4 is 37.4 Å². The van der Waals surface area contributed by atoms with Crippen LogP contribution in [0.4, 0.5) is 5.69 Å². The number of benzene rings is 2. The number of sulfone groups is 1. The highest BCUT2D eigenvalue weighted by Gasteiger charge is 2.33. The average Bonchev–Trinajstić information content (AvgIpc) is 2.54. The summed E-state index contributed by atoms with van der Waals surface area (Å²) in [6.07, 6.45) is 0. The number of carbonyl (C=O) groups is 1. The zero-order valence-electron chi connectivity index (χ0n) is 11.3. The second-order valence-corrected chi connectivity index (χ2v) is 7.96. The van der Waals surface area contributed by atoms with Gasteiger partial charge in [-0.3, -0.25) is 4.79 Å². The molecule has 4 nitrogen and oxygen atoms in total. The Labute approximate surface area is 132 Å². The molecule has 1 unspecified atom stereocenters. The first kappa shape index (κ1) is 15.7. The molecule has 0 radical (unpaired) electrons. The molecule has 0 aromatic heterocycles. The molecule has 0 saturated carbocycles. The number of anilines is 1. The monoisotopic (exact) mass is 367 g/mol. The van der Waals surface area contributed by atoms with Crippen LogP contribution in [0.3, 0.4) is 0 Å². The van der Waals surface area contributed by atoms with E-state index in [1.807, 2.05) is 6.07 Å². The Morgan fingerprint density at radius 3 is 2.00 bits per heavy atom. The lowest BCUT2D eigenvalue weighted by Crippen LogP contribution is -2.37. The van der Waals surface area contributed by atoms with Crippen molar-refractivity contribution < 1.29 is 13.2 Å². The van der Waals surface area contributed by atoms with Gasteiger partial charge in [-0.25, -0.2) is 8.42 Å². The van der Waals surface area contributed by atoms with E-state index in [2.05, 4.69) is 15.9 Å². The highest BCUT2D eigenvalue weighted by atomic mass is 79.9. The Bertz CT molecular complexity index is 717. The van der Waals surface area contributed by atoms with Crippen molar-refractivity contribution in [3.8, 4) is 0 Å². The molecule has 0 bridgehead atoms. The lowest BCUT2D eigenvalue weighted by Gasteiger charge is -2.20. The third-order valence-corrected chi connectivity index (χ3v) is 6.56. The summed E-state index contributed by atoms with van der Waals surface area (Å²) in [5.41, 5.74) is 0.634. The first-order valence-electron chi connectivity index (χ1n) is 6.20. The van der Waals surface area contributed by atoms with Gasteiger partial charge in [0.25, 0.3) is 5.91 Å². The Balaban J connectivity index is 2.28. The van der Waals surface area contributed by atoms with E-state index in [0.29, 0.717) is 5.69 Å². The van der Waals surface area contributed by atoms with Crippen LogP contribution in [0.25, 0.3) is 0 Å². The maximum atomic E-state index is 12.4. The zero-order chi connectivity index (χ0) is 15.5. The molecule has 0 N–H and O–H groups in total. The fraction of sp³-hybridized carbons (Fsp3) is 0.133. The fourth-order valence-electron chi connectivity index (χ4n) is 1.79. The zero-order valence-corrected chi connectivity index (χ0v) is 13.7. The minimum atomic E-state index is -3.77. The van der Waals surface area contributed by atoms with Crippen LogP contribution < -0.4 is 4.90 Å². The van der Waals surface area contributed by atoms with Gasteiger partial charge in [0, 0.05) is 12.7 Å². The number of carbonyl (C=O) groups excluding carboxylic acids is 1. The van der Waals surface area contributed by atoms with Crippen molar-refractivity contribution in [2.75, 3.05) is 11.9 Å². The summed E-state index contributed by atoms with van der Waals surface area (Å²) in [4.78, 5) is 13.8. The Hall–Kier alpha value is -1.66. The summed E-state index contributed by atoms with van der Waals surface area (Å²) in [6, 6.07) is 16.8. The summed E-state index contributed by atoms with van der Waals surface area (Å²) >= 11 is 3.02. The predicted octanol–water partition coefficient (Wildman–Crippen LogP) is 2.84. The van der Waals surface area contributed by atoms with E-state index in [1.54, 1.807) is 49.5 Å². The van der Waals surface area contributed by atoms with Crippen LogP contribution in [-0.2, 0) is 14.6 Å². The van der Waals surface area contributed by atoms with Crippen LogP contribution in [0.15, 0.2) is 65.6 Å². The first-order chi connectivity index (χ1) is 9.94. The van der Waals surface area contributed by atoms with E-state index in [4.69, 9.17) is 0 Å². The van der Waals surface area contributed by atoms with Crippen molar-refractivity contribution in [3.63, 3.8) is 0 Å². The summed E-state index contributed by atoms with van der Waals surface area (Å²) in [7, 11) is -2.22. The molecule has 1 atom stereocenters. The van der Waals surface area contributed by atoms with Crippen molar-refractivity contribution in [1.29, 1.82) is 0 Å². The van der Waals surface area contributed by atoms with Gasteiger partial charge < -0.3 is 4.90 Å². The number of para-hydroxylation sites is 1. The molecule has 0 heterocycles. The summed E-state index contributed by atoms with van der Waals surface area (Å²) in [5, 5.41) is 0. The number of alkyl halides is 1. The number of hydrogen-bond acceptors (Lipinski definition) is 3. The smallest absolute Gasteiger partial charge is 0.256 e. The average molecular weight is 368 g/mol. The predicted molar refractivity (Wildman–Crippen MR) is 86.2 cm³/mol. The molecule has 0 aliphatic heterocycles. The van der Waals surface area contributed by atoms with Crippen LogP contribution in [0.1, 0.15) is 0 Å². The van der Waals surface area contributed by atoms with Gasteiger partial charge in [-0.2, -0.15) is 0 Å². The summed E-state index contributed by atoms with van der Waals surface area (Å²) in [5.74, 6) is -0.537. The van der Waals surface area contributed by atoms with Crippen molar-refractivity contribution in [3.05, 3.63) is 60.7 Å². The molecule has 0 spiro atoms. The van der Waals surface area contributed by atoms with Gasteiger partial charge in [-0.05, 0) is 24.3 Å². The van der Waals surface area contributed by atoms with Gasteiger partial charge in [0.15, 0.2) is 14.0 Å². The van der Waals surface area contributed by atoms with E-state index < -0.39 is 19.9 Å². The van der Waals surface area contributed by atoms with E-state index in [1.165, 1.54) is 17.0 Å². The second-order valence-electron chi connectivity index (χ2n) is 4.41. The lowest BCUT2D eigenvalue weighted by atomic mass is 10.3. The van der Waals surface area contributed by atoms with Gasteiger partial charge in [0.1, 0.15) is 0 Å². The van der Waals surface area contributed by atoms with Crippen LogP contribution >= 0.6 is 15.9 Å². The minimum Gasteiger partial charge on any atom is -0.314 e. The highest BCUT2D eigenvalue weighted by molar-refractivity contribution is 9.11. The Morgan fingerprint density at radius 1 is 1.00 bits per heavy atom. The molecule has 2 rings (SSSR count). The van der Waals surface area contributed by atoms with Crippen molar-refractivity contribution in [2.24, 2.45) is 0 Å². The molecule has 0 aliphatic rings. The topological polar surface area (TPSA) is 54.5 Å². The summed E-state index contributed by atoms with van der Waals surface area (Å²) in [6.45, 7) is 0. The van der Waals surface area contributed by atoms with Crippen molar-refractivity contribution in [1.82, 2.24) is 0 Å². The summed E-state index contributed by atoms with van der Waals surface area (Å²) < 4.78 is 23.5. The number of halogens is 1. The number of rotatable bonds is 4. The molecule has 0 saturated heterocycles. The highest BCUT2D eigenvalue weighted by Crippen LogP contribution is 2.23. The molecule has 2 aromatic carbocycles. The maximum absolute atomic E-state index is 12.4. The molecule has 0 aliphatic carbocycles. The number of amides is 1. The molecule has 110 valence electrons. The molecular weight excluding hydrogens is 354 g/mol. The van der Waals surface area contributed by atoms with Gasteiger partial charge in [0.05, 0.1) is 4.90 Å². The molecule has 0 fully saturated rings. The molecular formula is C15H14BrNO3S. The minimum absolute atomic E-state index is 0.113. The molecule has 6 heteroatoms. The molecule has 21 heavy (non-hydrogen) atoms. The van der Waals surface area contributed by atoms with Gasteiger partial charge >= 0.3 is 0 Å². The van der Waals surface area contributed by atoms with E-state index >= 15 is 0 Å². The molecule has 2 aromatic rings. The second kappa shape index (κ2) is 6.41. The Morgan fingerprint density at radius 2 is 1.48 bits per heavy atom. The van der Waals surface area contributed by atoms with E-state index in [9.17, 15) is 13.2 Å². The van der Waals surface area contributed by atoms with Gasteiger partial charge in [-0.1, -0.05) is 52.3 Å². The van der Waals surface area contributed by atoms with Crippen LogP contribution in [0.2, 0.25) is 0 Å². The normalized spacial score (nSPS) is 12.7. The molecule has 1 amide bonds. The standard InChI is InChI=1S/C15H14BrNO3S/c1-17(12-8-4-2-5-9-12)15(18)14(16)21(19,20)13-10-6-3-7-11-13/h2-11,14H,1H3. The SMILES string of the molecule is CN(C(=O)C(Br)S(=O)(=O)c1ccccc1)c1ccccc1. The first-order valence-corrected chi connectivity index (χ1v) is 8.66. The largest absolute Gasteiger partial charge is 0.314 e. The number of hydrogen-bond donors (Lipinski definition) is 0. The van der Waals surface area contributed by atoms with Gasteiger partial charge in [0.2, 0.25) is 0 Å². The van der Waals surface area contributed by atoms with Crippen LogP contribution in [0.5, 0.6) is 0 Å². The van der Waals surface area contributed by atoms with Crippen LogP contribution in [-0.4, -0.2) is 25.5 Å². The van der Waals surface area contributed by atoms with Crippen LogP contribution in [0, 0.1) is 0 Å². The van der Waals surface area contributed by atoms with Crippen molar-refractivity contribution in [2.45, 2.75) is 9.05 Å². The van der Waals surface area contributed by atoms with E-state index in [0.717, 1.165) is 0 Å². The third-order valence-electron chi connectivity index (χ3n) is 3.01. The number of nitrogens with zero attached hydrogens (tertiary/aromatic N) is 1. The third kappa shape index (κ3) is 3.33. The van der Waals surface area contributed by atoms with E-state index in [-0.39, 0.29) is 4.90 Å². The van der Waals surface area contributed by atoms with Gasteiger partial charge in [-0.15, -0.1) is 0 Å².